The van der Waals surface area contributed by atoms with Crippen LogP contribution < -0.4 is 20.9 Å². The molecule has 1 aliphatic heterocycles. The van der Waals surface area contributed by atoms with Crippen LogP contribution in [0.2, 0.25) is 0 Å². The van der Waals surface area contributed by atoms with E-state index in [-0.39, 0.29) is 23.8 Å². The van der Waals surface area contributed by atoms with Crippen molar-refractivity contribution in [1.29, 1.82) is 0 Å². The van der Waals surface area contributed by atoms with Gasteiger partial charge in [0.15, 0.2) is 0 Å². The predicted octanol–water partition coefficient (Wildman–Crippen LogP) is 2.79. The normalized spacial score (nSPS) is 14.1. The predicted molar refractivity (Wildman–Crippen MR) is 118 cm³/mol. The number of carbonyl (C=O) groups excluding carboxylic acids is 3. The molecule has 2 aromatic carbocycles. The summed E-state index contributed by atoms with van der Waals surface area (Å²) in [5, 5.41) is 9.18. The van der Waals surface area contributed by atoms with Crippen molar-refractivity contribution in [2.45, 2.75) is 32.7 Å². The highest BCUT2D eigenvalue weighted by Gasteiger charge is 2.19. The standard InChI is InChI=1S/C23H28N4O3/c1-3-27(16(2)28)19-8-6-7-17(15-19)22(29)26-21-10-5-4-9-20(21)23(30)25-18-11-13-24-14-12-18/h4-10,15,18,24H,3,11-14H2,1-2H3,(H,25,30)(H,26,29). The zero-order valence-corrected chi connectivity index (χ0v) is 17.4. The summed E-state index contributed by atoms with van der Waals surface area (Å²) in [4.78, 5) is 39.0. The van der Waals surface area contributed by atoms with Crippen LogP contribution in [-0.4, -0.2) is 43.4 Å². The minimum atomic E-state index is -0.335. The summed E-state index contributed by atoms with van der Waals surface area (Å²) in [6, 6.07) is 14.0. The molecular weight excluding hydrogens is 380 g/mol. The third kappa shape index (κ3) is 5.24. The molecule has 0 radical (unpaired) electrons. The first-order valence-electron chi connectivity index (χ1n) is 10.3. The summed E-state index contributed by atoms with van der Waals surface area (Å²) in [6.07, 6.45) is 1.77. The summed E-state index contributed by atoms with van der Waals surface area (Å²) in [5.41, 5.74) is 1.97. The van der Waals surface area contributed by atoms with Crippen molar-refractivity contribution in [2.24, 2.45) is 0 Å². The zero-order valence-electron chi connectivity index (χ0n) is 17.4. The molecule has 0 aliphatic carbocycles. The Hall–Kier alpha value is -3.19. The van der Waals surface area contributed by atoms with Gasteiger partial charge in [-0.2, -0.15) is 0 Å². The number of hydrogen-bond donors (Lipinski definition) is 3. The number of hydrogen-bond acceptors (Lipinski definition) is 4. The van der Waals surface area contributed by atoms with Gasteiger partial charge in [-0.3, -0.25) is 14.4 Å². The molecule has 7 heteroatoms. The van der Waals surface area contributed by atoms with E-state index >= 15 is 0 Å². The van der Waals surface area contributed by atoms with Crippen LogP contribution in [0.1, 0.15) is 47.4 Å². The Morgan fingerprint density at radius 2 is 1.77 bits per heavy atom. The van der Waals surface area contributed by atoms with Gasteiger partial charge in [0.2, 0.25) is 5.91 Å². The highest BCUT2D eigenvalue weighted by atomic mass is 16.2. The van der Waals surface area contributed by atoms with Crippen molar-refractivity contribution in [3.8, 4) is 0 Å². The van der Waals surface area contributed by atoms with Crippen LogP contribution in [0.25, 0.3) is 0 Å². The van der Waals surface area contributed by atoms with Crippen molar-refractivity contribution >= 4 is 29.1 Å². The van der Waals surface area contributed by atoms with Gasteiger partial charge in [0, 0.05) is 30.8 Å². The quantitative estimate of drug-likeness (QED) is 0.686. The SMILES string of the molecule is CCN(C(C)=O)c1cccc(C(=O)Nc2ccccc2C(=O)NC2CCNCC2)c1. The van der Waals surface area contributed by atoms with E-state index in [9.17, 15) is 14.4 Å². The van der Waals surface area contributed by atoms with Gasteiger partial charge in [-0.05, 0) is 63.2 Å². The van der Waals surface area contributed by atoms with Crippen LogP contribution in [0.4, 0.5) is 11.4 Å². The van der Waals surface area contributed by atoms with E-state index in [0.29, 0.717) is 29.0 Å². The minimum Gasteiger partial charge on any atom is -0.349 e. The van der Waals surface area contributed by atoms with Crippen molar-refractivity contribution in [3.63, 3.8) is 0 Å². The average molecular weight is 409 g/mol. The fourth-order valence-electron chi connectivity index (χ4n) is 3.62. The van der Waals surface area contributed by atoms with Gasteiger partial charge in [-0.1, -0.05) is 18.2 Å². The second-order valence-electron chi connectivity index (χ2n) is 7.31. The van der Waals surface area contributed by atoms with E-state index in [4.69, 9.17) is 0 Å². The molecule has 30 heavy (non-hydrogen) atoms. The second-order valence-corrected chi connectivity index (χ2v) is 7.31. The maximum absolute atomic E-state index is 12.9. The van der Waals surface area contributed by atoms with Gasteiger partial charge in [0.1, 0.15) is 0 Å². The highest BCUT2D eigenvalue weighted by Crippen LogP contribution is 2.20. The van der Waals surface area contributed by atoms with E-state index in [2.05, 4.69) is 16.0 Å². The first kappa shape index (κ1) is 21.5. The van der Waals surface area contributed by atoms with E-state index in [1.807, 2.05) is 6.92 Å². The average Bonchev–Trinajstić information content (AvgIpc) is 2.75. The van der Waals surface area contributed by atoms with Crippen LogP contribution in [-0.2, 0) is 4.79 Å². The number of nitrogens with one attached hydrogen (secondary N) is 3. The number of amides is 3. The van der Waals surface area contributed by atoms with Gasteiger partial charge in [0.25, 0.3) is 11.8 Å². The van der Waals surface area contributed by atoms with Crippen LogP contribution in [0.15, 0.2) is 48.5 Å². The Bertz CT molecular complexity index is 922. The first-order chi connectivity index (χ1) is 14.5. The molecule has 1 aliphatic rings. The first-order valence-corrected chi connectivity index (χ1v) is 10.3. The van der Waals surface area contributed by atoms with E-state index in [1.165, 1.54) is 6.92 Å². The Morgan fingerprint density at radius 1 is 1.03 bits per heavy atom. The van der Waals surface area contributed by atoms with E-state index in [0.717, 1.165) is 25.9 Å². The zero-order chi connectivity index (χ0) is 21.5. The maximum atomic E-state index is 12.9. The number of benzene rings is 2. The Balaban J connectivity index is 1.76. The maximum Gasteiger partial charge on any atom is 0.255 e. The van der Waals surface area contributed by atoms with Crippen molar-refractivity contribution in [1.82, 2.24) is 10.6 Å². The molecule has 158 valence electrons. The topological polar surface area (TPSA) is 90.5 Å². The highest BCUT2D eigenvalue weighted by molar-refractivity contribution is 6.09. The number of para-hydroxylation sites is 1. The molecule has 0 aromatic heterocycles. The largest absolute Gasteiger partial charge is 0.349 e. The Kier molecular flexibility index (Phi) is 7.19. The fraction of sp³-hybridized carbons (Fsp3) is 0.348. The molecule has 2 aromatic rings. The third-order valence-corrected chi connectivity index (χ3v) is 5.21. The minimum absolute atomic E-state index is 0.0880. The lowest BCUT2D eigenvalue weighted by Gasteiger charge is -2.24. The van der Waals surface area contributed by atoms with Crippen molar-refractivity contribution in [2.75, 3.05) is 29.9 Å². The molecule has 1 fully saturated rings. The molecule has 3 N–H and O–H groups in total. The third-order valence-electron chi connectivity index (χ3n) is 5.21. The molecular formula is C23H28N4O3. The number of nitrogens with zero attached hydrogens (tertiary/aromatic N) is 1. The molecule has 7 nitrogen and oxygen atoms in total. The lowest BCUT2D eigenvalue weighted by molar-refractivity contribution is -0.116. The van der Waals surface area contributed by atoms with E-state index < -0.39 is 0 Å². The number of rotatable bonds is 6. The Labute approximate surface area is 176 Å². The van der Waals surface area contributed by atoms with Gasteiger partial charge in [0.05, 0.1) is 11.3 Å². The molecule has 0 saturated carbocycles. The summed E-state index contributed by atoms with van der Waals surface area (Å²) in [5.74, 6) is -0.617. The number of carbonyl (C=O) groups is 3. The number of piperidine rings is 1. The summed E-state index contributed by atoms with van der Waals surface area (Å²) < 4.78 is 0. The fourth-order valence-corrected chi connectivity index (χ4v) is 3.62. The van der Waals surface area contributed by atoms with Crippen molar-refractivity contribution in [3.05, 3.63) is 59.7 Å². The van der Waals surface area contributed by atoms with Gasteiger partial charge in [-0.25, -0.2) is 0 Å². The van der Waals surface area contributed by atoms with Crippen LogP contribution >= 0.6 is 0 Å². The Morgan fingerprint density at radius 3 is 2.47 bits per heavy atom. The summed E-state index contributed by atoms with van der Waals surface area (Å²) in [7, 11) is 0. The molecule has 1 saturated heterocycles. The molecule has 1 heterocycles. The van der Waals surface area contributed by atoms with Crippen LogP contribution in [0.5, 0.6) is 0 Å². The summed E-state index contributed by atoms with van der Waals surface area (Å²) in [6.45, 7) is 5.66. The second kappa shape index (κ2) is 10.0. The smallest absolute Gasteiger partial charge is 0.255 e. The van der Waals surface area contributed by atoms with Gasteiger partial charge < -0.3 is 20.9 Å². The molecule has 0 unspecified atom stereocenters. The van der Waals surface area contributed by atoms with Gasteiger partial charge >= 0.3 is 0 Å². The number of anilines is 2. The van der Waals surface area contributed by atoms with Crippen LogP contribution in [0, 0.1) is 0 Å². The molecule has 3 rings (SSSR count). The molecule has 0 bridgehead atoms. The van der Waals surface area contributed by atoms with Crippen molar-refractivity contribution < 1.29 is 14.4 Å². The molecule has 0 spiro atoms. The summed E-state index contributed by atoms with van der Waals surface area (Å²) >= 11 is 0. The van der Waals surface area contributed by atoms with Crippen LogP contribution in [0.3, 0.4) is 0 Å². The monoisotopic (exact) mass is 408 g/mol. The lowest BCUT2D eigenvalue weighted by atomic mass is 10.1. The lowest BCUT2D eigenvalue weighted by Crippen LogP contribution is -2.42. The molecule has 0 atom stereocenters. The molecule has 3 amide bonds. The van der Waals surface area contributed by atoms with Gasteiger partial charge in [-0.15, -0.1) is 0 Å². The van der Waals surface area contributed by atoms with E-state index in [1.54, 1.807) is 53.4 Å².